The first kappa shape index (κ1) is 23.8. The van der Waals surface area contributed by atoms with E-state index in [1.807, 2.05) is 19.0 Å². The summed E-state index contributed by atoms with van der Waals surface area (Å²) in [5, 5.41) is 0.678. The van der Waals surface area contributed by atoms with Gasteiger partial charge in [0.15, 0.2) is 5.13 Å². The number of ether oxygens (including phenoxy) is 1. The number of esters is 1. The SMILES string of the molecule is COC(=O)c1ccc(C(=O)N(CCN(C)C)c2nc3c(C)c(C)ccc3s2)cc1.Cl. The van der Waals surface area contributed by atoms with Gasteiger partial charge in [0.2, 0.25) is 0 Å². The average molecular weight is 448 g/mol. The normalized spacial score (nSPS) is 10.7. The highest BCUT2D eigenvalue weighted by atomic mass is 35.5. The first-order valence-electron chi connectivity index (χ1n) is 9.33. The topological polar surface area (TPSA) is 62.7 Å². The second-order valence-corrected chi connectivity index (χ2v) is 8.19. The van der Waals surface area contributed by atoms with Crippen molar-refractivity contribution in [3.05, 3.63) is 58.7 Å². The molecule has 1 heterocycles. The second-order valence-electron chi connectivity index (χ2n) is 7.18. The number of carbonyl (C=O) groups is 2. The molecule has 0 fully saturated rings. The third-order valence-corrected chi connectivity index (χ3v) is 5.92. The van der Waals surface area contributed by atoms with Crippen LogP contribution in [0.5, 0.6) is 0 Å². The molecule has 0 unspecified atom stereocenters. The molecule has 0 spiro atoms. The molecule has 30 heavy (non-hydrogen) atoms. The largest absolute Gasteiger partial charge is 0.465 e. The minimum Gasteiger partial charge on any atom is -0.465 e. The first-order valence-corrected chi connectivity index (χ1v) is 10.1. The number of aromatic nitrogens is 1. The molecule has 2 aromatic carbocycles. The van der Waals surface area contributed by atoms with Crippen LogP contribution in [0.1, 0.15) is 31.8 Å². The lowest BCUT2D eigenvalue weighted by Crippen LogP contribution is -2.36. The zero-order valence-electron chi connectivity index (χ0n) is 17.8. The molecule has 0 saturated carbocycles. The maximum atomic E-state index is 13.3. The first-order chi connectivity index (χ1) is 13.8. The van der Waals surface area contributed by atoms with E-state index < -0.39 is 5.97 Å². The van der Waals surface area contributed by atoms with Crippen LogP contribution in [0.15, 0.2) is 36.4 Å². The van der Waals surface area contributed by atoms with Crippen LogP contribution in [0.25, 0.3) is 10.2 Å². The van der Waals surface area contributed by atoms with Crippen LogP contribution in [0, 0.1) is 13.8 Å². The summed E-state index contributed by atoms with van der Waals surface area (Å²) in [5.74, 6) is -0.567. The quantitative estimate of drug-likeness (QED) is 0.526. The Kier molecular flexibility index (Phi) is 7.95. The van der Waals surface area contributed by atoms with Gasteiger partial charge >= 0.3 is 5.97 Å². The van der Waals surface area contributed by atoms with Gasteiger partial charge in [0.25, 0.3) is 5.91 Å². The lowest BCUT2D eigenvalue weighted by Gasteiger charge is -2.22. The number of halogens is 1. The monoisotopic (exact) mass is 447 g/mol. The zero-order valence-corrected chi connectivity index (χ0v) is 19.4. The Hall–Kier alpha value is -2.48. The van der Waals surface area contributed by atoms with Crippen LogP contribution >= 0.6 is 23.7 Å². The van der Waals surface area contributed by atoms with E-state index in [1.54, 1.807) is 29.2 Å². The molecule has 1 amide bonds. The van der Waals surface area contributed by atoms with Crippen molar-refractivity contribution in [2.75, 3.05) is 39.2 Å². The van der Waals surface area contributed by atoms with E-state index in [0.717, 1.165) is 15.8 Å². The van der Waals surface area contributed by atoms with Crippen molar-refractivity contribution >= 4 is 51.0 Å². The van der Waals surface area contributed by atoms with E-state index in [-0.39, 0.29) is 18.3 Å². The average Bonchev–Trinajstić information content (AvgIpc) is 3.15. The molecule has 1 aromatic heterocycles. The van der Waals surface area contributed by atoms with Crippen LogP contribution in [0.3, 0.4) is 0 Å². The van der Waals surface area contributed by atoms with Gasteiger partial charge < -0.3 is 9.64 Å². The number of thiazole rings is 1. The minimum absolute atomic E-state index is 0. The number of hydrogen-bond acceptors (Lipinski definition) is 6. The molecular weight excluding hydrogens is 422 g/mol. The van der Waals surface area contributed by atoms with Gasteiger partial charge in [-0.05, 0) is 69.4 Å². The predicted octanol–water partition coefficient (Wildman–Crippen LogP) is 4.33. The Morgan fingerprint density at radius 3 is 2.23 bits per heavy atom. The van der Waals surface area contributed by atoms with Crippen molar-refractivity contribution < 1.29 is 14.3 Å². The van der Waals surface area contributed by atoms with E-state index in [2.05, 4.69) is 26.0 Å². The molecule has 3 aromatic rings. The van der Waals surface area contributed by atoms with Crippen molar-refractivity contribution in [1.82, 2.24) is 9.88 Å². The molecule has 0 bridgehead atoms. The summed E-state index contributed by atoms with van der Waals surface area (Å²) >= 11 is 1.52. The Balaban J connectivity index is 0.00000320. The lowest BCUT2D eigenvalue weighted by molar-refractivity contribution is 0.0600. The summed E-state index contributed by atoms with van der Waals surface area (Å²) in [5.41, 5.74) is 4.17. The van der Waals surface area contributed by atoms with Gasteiger partial charge in [-0.2, -0.15) is 0 Å². The summed E-state index contributed by atoms with van der Waals surface area (Å²) in [6.07, 6.45) is 0. The number of benzene rings is 2. The van der Waals surface area contributed by atoms with Gasteiger partial charge in [-0.15, -0.1) is 12.4 Å². The summed E-state index contributed by atoms with van der Waals surface area (Å²) in [6, 6.07) is 10.7. The predicted molar refractivity (Wildman–Crippen MR) is 124 cm³/mol. The minimum atomic E-state index is -0.425. The Labute approximate surface area is 186 Å². The third kappa shape index (κ3) is 4.98. The van der Waals surface area contributed by atoms with Crippen LogP contribution < -0.4 is 4.90 Å². The number of methoxy groups -OCH3 is 1. The fraction of sp³-hybridized carbons (Fsp3) is 0.318. The molecule has 0 radical (unpaired) electrons. The highest BCUT2D eigenvalue weighted by molar-refractivity contribution is 7.22. The molecule has 0 aliphatic heterocycles. The molecule has 6 nitrogen and oxygen atoms in total. The number of hydrogen-bond donors (Lipinski definition) is 0. The van der Waals surface area contributed by atoms with Gasteiger partial charge in [0.1, 0.15) is 0 Å². The zero-order chi connectivity index (χ0) is 21.1. The third-order valence-electron chi connectivity index (χ3n) is 4.87. The maximum Gasteiger partial charge on any atom is 0.337 e. The van der Waals surface area contributed by atoms with Crippen LogP contribution in [-0.4, -0.2) is 56.1 Å². The Bertz CT molecular complexity index is 1050. The standard InChI is InChI=1S/C22H25N3O3S.ClH/c1-14-6-11-18-19(15(14)2)23-22(29-18)25(13-12-24(3)4)20(26)16-7-9-17(10-8-16)21(27)28-5;/h6-11H,12-13H2,1-5H3;1H. The van der Waals surface area contributed by atoms with Crippen molar-refractivity contribution in [2.45, 2.75) is 13.8 Å². The van der Waals surface area contributed by atoms with E-state index in [9.17, 15) is 9.59 Å². The molecule has 8 heteroatoms. The number of aryl methyl sites for hydroxylation is 2. The molecule has 160 valence electrons. The fourth-order valence-corrected chi connectivity index (χ4v) is 3.99. The van der Waals surface area contributed by atoms with Crippen LogP contribution in [0.2, 0.25) is 0 Å². The van der Waals surface area contributed by atoms with Crippen molar-refractivity contribution in [2.24, 2.45) is 0 Å². The number of likely N-dealkylation sites (N-methyl/N-ethyl adjacent to an activating group) is 1. The van der Waals surface area contributed by atoms with Gasteiger partial charge in [-0.3, -0.25) is 9.69 Å². The Morgan fingerprint density at radius 1 is 1.00 bits per heavy atom. The molecule has 0 atom stereocenters. The second kappa shape index (κ2) is 10.0. The van der Waals surface area contributed by atoms with E-state index >= 15 is 0 Å². The number of amides is 1. The summed E-state index contributed by atoms with van der Waals surface area (Å²) in [4.78, 5) is 33.5. The number of carbonyl (C=O) groups excluding carboxylic acids is 2. The summed E-state index contributed by atoms with van der Waals surface area (Å²) < 4.78 is 5.79. The van der Waals surface area contributed by atoms with Crippen molar-refractivity contribution in [1.29, 1.82) is 0 Å². The molecule has 0 saturated heterocycles. The van der Waals surface area contributed by atoms with Crippen LogP contribution in [-0.2, 0) is 4.74 Å². The van der Waals surface area contributed by atoms with Crippen molar-refractivity contribution in [3.8, 4) is 0 Å². The highest BCUT2D eigenvalue weighted by Gasteiger charge is 2.22. The lowest BCUT2D eigenvalue weighted by atomic mass is 10.1. The van der Waals surface area contributed by atoms with Crippen molar-refractivity contribution in [3.63, 3.8) is 0 Å². The van der Waals surface area contributed by atoms with E-state index in [0.29, 0.717) is 29.3 Å². The van der Waals surface area contributed by atoms with Gasteiger partial charge in [-0.1, -0.05) is 17.4 Å². The summed E-state index contributed by atoms with van der Waals surface area (Å²) in [6.45, 7) is 5.34. The molecule has 3 rings (SSSR count). The number of anilines is 1. The molecule has 0 aliphatic rings. The number of fused-ring (bicyclic) bond motifs is 1. The van der Waals surface area contributed by atoms with Gasteiger partial charge in [0.05, 0.1) is 22.9 Å². The fourth-order valence-electron chi connectivity index (χ4n) is 2.94. The molecule has 0 N–H and O–H groups in total. The van der Waals surface area contributed by atoms with Gasteiger partial charge in [-0.25, -0.2) is 9.78 Å². The van der Waals surface area contributed by atoms with Gasteiger partial charge in [0, 0.05) is 18.7 Å². The smallest absolute Gasteiger partial charge is 0.337 e. The number of nitrogens with zero attached hydrogens (tertiary/aromatic N) is 3. The molecular formula is C22H26ClN3O3S. The number of rotatable bonds is 6. The van der Waals surface area contributed by atoms with E-state index in [1.165, 1.54) is 24.0 Å². The van der Waals surface area contributed by atoms with Crippen LogP contribution in [0.4, 0.5) is 5.13 Å². The van der Waals surface area contributed by atoms with E-state index in [4.69, 9.17) is 9.72 Å². The molecule has 0 aliphatic carbocycles. The highest BCUT2D eigenvalue weighted by Crippen LogP contribution is 2.32. The maximum absolute atomic E-state index is 13.3. The summed E-state index contributed by atoms with van der Waals surface area (Å²) in [7, 11) is 5.28. The Morgan fingerprint density at radius 2 is 1.63 bits per heavy atom.